The Kier molecular flexibility index (Phi) is 3.93. The minimum Gasteiger partial charge on any atom is -0.384 e. The SMILES string of the molecule is N#Cc1ccccc1NCCc1cccc(F)c1. The first-order valence-electron chi connectivity index (χ1n) is 5.77. The second-order valence-corrected chi connectivity index (χ2v) is 3.96. The van der Waals surface area contributed by atoms with E-state index in [2.05, 4.69) is 11.4 Å². The van der Waals surface area contributed by atoms with Crippen LogP contribution in [0.15, 0.2) is 48.5 Å². The second kappa shape index (κ2) is 5.83. The molecule has 0 bridgehead atoms. The molecule has 0 fully saturated rings. The molecule has 0 spiro atoms. The van der Waals surface area contributed by atoms with Crippen LogP contribution in [0.25, 0.3) is 0 Å². The summed E-state index contributed by atoms with van der Waals surface area (Å²) in [6.07, 6.45) is 0.720. The smallest absolute Gasteiger partial charge is 0.123 e. The lowest BCUT2D eigenvalue weighted by molar-refractivity contribution is 0.625. The lowest BCUT2D eigenvalue weighted by Crippen LogP contribution is -2.06. The Morgan fingerprint density at radius 2 is 1.94 bits per heavy atom. The number of rotatable bonds is 4. The predicted octanol–water partition coefficient (Wildman–Crippen LogP) is 3.35. The van der Waals surface area contributed by atoms with Gasteiger partial charge in [-0.2, -0.15) is 5.26 Å². The van der Waals surface area contributed by atoms with Crippen molar-refractivity contribution in [1.29, 1.82) is 5.26 Å². The van der Waals surface area contributed by atoms with Gasteiger partial charge in [0.2, 0.25) is 0 Å². The molecule has 18 heavy (non-hydrogen) atoms. The van der Waals surface area contributed by atoms with Crippen molar-refractivity contribution in [3.8, 4) is 6.07 Å². The third kappa shape index (κ3) is 3.08. The summed E-state index contributed by atoms with van der Waals surface area (Å²) in [5, 5.41) is 12.1. The van der Waals surface area contributed by atoms with Crippen LogP contribution in [0.2, 0.25) is 0 Å². The molecule has 0 radical (unpaired) electrons. The van der Waals surface area contributed by atoms with Gasteiger partial charge in [-0.3, -0.25) is 0 Å². The van der Waals surface area contributed by atoms with Crippen molar-refractivity contribution in [2.75, 3.05) is 11.9 Å². The fourth-order valence-electron chi connectivity index (χ4n) is 1.77. The number of para-hydroxylation sites is 1. The van der Waals surface area contributed by atoms with Crippen molar-refractivity contribution in [2.45, 2.75) is 6.42 Å². The van der Waals surface area contributed by atoms with Crippen molar-refractivity contribution in [3.63, 3.8) is 0 Å². The van der Waals surface area contributed by atoms with Crippen LogP contribution in [0, 0.1) is 17.1 Å². The molecule has 1 N–H and O–H groups in total. The summed E-state index contributed by atoms with van der Waals surface area (Å²) >= 11 is 0. The Hall–Kier alpha value is -2.34. The molecule has 0 aliphatic rings. The average Bonchev–Trinajstić information content (AvgIpc) is 2.39. The van der Waals surface area contributed by atoms with E-state index in [1.807, 2.05) is 24.3 Å². The first-order valence-corrected chi connectivity index (χ1v) is 5.77. The normalized spacial score (nSPS) is 9.78. The summed E-state index contributed by atoms with van der Waals surface area (Å²) in [6.45, 7) is 0.669. The first-order chi connectivity index (χ1) is 8.79. The van der Waals surface area contributed by atoms with Crippen molar-refractivity contribution >= 4 is 5.69 Å². The minimum absolute atomic E-state index is 0.218. The predicted molar refractivity (Wildman–Crippen MR) is 69.8 cm³/mol. The van der Waals surface area contributed by atoms with Crippen molar-refractivity contribution in [3.05, 3.63) is 65.5 Å². The Balaban J connectivity index is 1.95. The molecule has 0 aliphatic heterocycles. The Morgan fingerprint density at radius 1 is 1.11 bits per heavy atom. The number of nitrogens with one attached hydrogen (secondary N) is 1. The highest BCUT2D eigenvalue weighted by atomic mass is 19.1. The molecule has 0 amide bonds. The van der Waals surface area contributed by atoms with Gasteiger partial charge in [-0.05, 0) is 36.2 Å². The molecule has 0 saturated heterocycles. The molecule has 0 saturated carbocycles. The number of nitriles is 1. The summed E-state index contributed by atoms with van der Waals surface area (Å²) < 4.78 is 13.0. The number of benzene rings is 2. The number of halogens is 1. The number of hydrogen-bond donors (Lipinski definition) is 1. The summed E-state index contributed by atoms with van der Waals surface area (Å²) in [5.74, 6) is -0.218. The zero-order valence-corrected chi connectivity index (χ0v) is 9.86. The van der Waals surface area contributed by atoms with Gasteiger partial charge in [0.15, 0.2) is 0 Å². The van der Waals surface area contributed by atoms with Crippen LogP contribution in [-0.2, 0) is 6.42 Å². The van der Waals surface area contributed by atoms with E-state index in [0.717, 1.165) is 17.7 Å². The third-order valence-corrected chi connectivity index (χ3v) is 2.67. The molecule has 90 valence electrons. The first kappa shape index (κ1) is 12.1. The number of anilines is 1. The molecule has 2 aromatic carbocycles. The van der Waals surface area contributed by atoms with E-state index < -0.39 is 0 Å². The summed E-state index contributed by atoms with van der Waals surface area (Å²) in [7, 11) is 0. The lowest BCUT2D eigenvalue weighted by Gasteiger charge is -2.07. The van der Waals surface area contributed by atoms with Crippen LogP contribution in [0.5, 0.6) is 0 Å². The van der Waals surface area contributed by atoms with Crippen molar-refractivity contribution in [2.24, 2.45) is 0 Å². The Morgan fingerprint density at radius 3 is 2.72 bits per heavy atom. The topological polar surface area (TPSA) is 35.8 Å². The standard InChI is InChI=1S/C15H13FN2/c16-14-6-3-4-12(10-14)8-9-18-15-7-2-1-5-13(15)11-17/h1-7,10,18H,8-9H2. The second-order valence-electron chi connectivity index (χ2n) is 3.96. The number of hydrogen-bond acceptors (Lipinski definition) is 2. The third-order valence-electron chi connectivity index (χ3n) is 2.67. The average molecular weight is 240 g/mol. The monoisotopic (exact) mass is 240 g/mol. The van der Waals surface area contributed by atoms with E-state index >= 15 is 0 Å². The zero-order valence-electron chi connectivity index (χ0n) is 9.86. The molecule has 0 unspecified atom stereocenters. The molecule has 3 heteroatoms. The van der Waals surface area contributed by atoms with Gasteiger partial charge in [0.1, 0.15) is 11.9 Å². The summed E-state index contributed by atoms with van der Waals surface area (Å²) in [4.78, 5) is 0. The maximum atomic E-state index is 13.0. The molecule has 2 rings (SSSR count). The molecular formula is C15H13FN2. The van der Waals surface area contributed by atoms with E-state index in [0.29, 0.717) is 12.1 Å². The Bertz CT molecular complexity index is 573. The minimum atomic E-state index is -0.218. The molecule has 0 atom stereocenters. The molecule has 0 aromatic heterocycles. The van der Waals surface area contributed by atoms with Crippen LogP contribution >= 0.6 is 0 Å². The lowest BCUT2D eigenvalue weighted by atomic mass is 10.1. The van der Waals surface area contributed by atoms with Crippen LogP contribution < -0.4 is 5.32 Å². The molecular weight excluding hydrogens is 227 g/mol. The van der Waals surface area contributed by atoms with E-state index in [-0.39, 0.29) is 5.82 Å². The van der Waals surface area contributed by atoms with Crippen molar-refractivity contribution < 1.29 is 4.39 Å². The van der Waals surface area contributed by atoms with E-state index in [4.69, 9.17) is 5.26 Å². The van der Waals surface area contributed by atoms with E-state index in [9.17, 15) is 4.39 Å². The van der Waals surface area contributed by atoms with Gasteiger partial charge < -0.3 is 5.32 Å². The van der Waals surface area contributed by atoms with E-state index in [1.165, 1.54) is 12.1 Å². The zero-order chi connectivity index (χ0) is 12.8. The van der Waals surface area contributed by atoms with Gasteiger partial charge in [0.25, 0.3) is 0 Å². The van der Waals surface area contributed by atoms with Gasteiger partial charge in [0, 0.05) is 6.54 Å². The van der Waals surface area contributed by atoms with Crippen LogP contribution in [0.4, 0.5) is 10.1 Å². The van der Waals surface area contributed by atoms with Crippen LogP contribution in [0.3, 0.4) is 0 Å². The van der Waals surface area contributed by atoms with Gasteiger partial charge in [-0.25, -0.2) is 4.39 Å². The maximum Gasteiger partial charge on any atom is 0.123 e. The fourth-order valence-corrected chi connectivity index (χ4v) is 1.77. The van der Waals surface area contributed by atoms with Crippen LogP contribution in [0.1, 0.15) is 11.1 Å². The van der Waals surface area contributed by atoms with Crippen LogP contribution in [-0.4, -0.2) is 6.54 Å². The summed E-state index contributed by atoms with van der Waals surface area (Å²) in [6, 6.07) is 16.0. The highest BCUT2D eigenvalue weighted by molar-refractivity contribution is 5.57. The largest absolute Gasteiger partial charge is 0.384 e. The van der Waals surface area contributed by atoms with E-state index in [1.54, 1.807) is 12.1 Å². The van der Waals surface area contributed by atoms with Crippen molar-refractivity contribution in [1.82, 2.24) is 0 Å². The number of nitrogens with zero attached hydrogens (tertiary/aromatic N) is 1. The summed E-state index contributed by atoms with van der Waals surface area (Å²) in [5.41, 5.74) is 2.38. The molecule has 0 heterocycles. The fraction of sp³-hybridized carbons (Fsp3) is 0.133. The highest BCUT2D eigenvalue weighted by Crippen LogP contribution is 2.13. The molecule has 2 aromatic rings. The highest BCUT2D eigenvalue weighted by Gasteiger charge is 2.00. The molecule has 2 nitrogen and oxygen atoms in total. The quantitative estimate of drug-likeness (QED) is 0.889. The van der Waals surface area contributed by atoms with Gasteiger partial charge in [0.05, 0.1) is 11.3 Å². The van der Waals surface area contributed by atoms with Gasteiger partial charge >= 0.3 is 0 Å². The van der Waals surface area contributed by atoms with Gasteiger partial charge in [-0.15, -0.1) is 0 Å². The molecule has 0 aliphatic carbocycles. The maximum absolute atomic E-state index is 13.0. The van der Waals surface area contributed by atoms with Gasteiger partial charge in [-0.1, -0.05) is 24.3 Å². The Labute approximate surface area is 106 Å².